The second-order valence-electron chi connectivity index (χ2n) is 6.49. The molecule has 0 unspecified atom stereocenters. The van der Waals surface area contributed by atoms with E-state index < -0.39 is 0 Å². The fourth-order valence-corrected chi connectivity index (χ4v) is 6.00. The molecule has 1 heterocycles. The van der Waals surface area contributed by atoms with Gasteiger partial charge in [0.2, 0.25) is 0 Å². The van der Waals surface area contributed by atoms with Crippen molar-refractivity contribution in [2.45, 2.75) is 50.9 Å². The molecule has 0 N–H and O–H groups in total. The number of aromatic nitrogens is 1. The Kier molecular flexibility index (Phi) is 1.86. The molecule has 4 bridgehead atoms. The molecule has 0 spiro atoms. The van der Waals surface area contributed by atoms with Crippen LogP contribution in [0.4, 0.5) is 0 Å². The van der Waals surface area contributed by atoms with Gasteiger partial charge in [-0.25, -0.2) is 4.98 Å². The summed E-state index contributed by atoms with van der Waals surface area (Å²) in [5, 5.41) is 3.72. The molecule has 16 heavy (non-hydrogen) atoms. The van der Waals surface area contributed by atoms with E-state index in [0.717, 1.165) is 17.8 Å². The minimum atomic E-state index is 0.522. The molecule has 0 amide bonds. The zero-order valence-electron chi connectivity index (χ0n) is 9.91. The number of thiazole rings is 1. The number of nitrogens with zero attached hydrogens (tertiary/aromatic N) is 1. The lowest BCUT2D eigenvalue weighted by Crippen LogP contribution is -2.48. The third kappa shape index (κ3) is 1.25. The Balaban J connectivity index is 1.76. The van der Waals surface area contributed by atoms with Crippen LogP contribution in [0.2, 0.25) is 0 Å². The molecule has 0 atom stereocenters. The Morgan fingerprint density at radius 3 is 2.12 bits per heavy atom. The van der Waals surface area contributed by atoms with E-state index in [4.69, 9.17) is 4.98 Å². The molecule has 0 aromatic carbocycles. The van der Waals surface area contributed by atoms with Gasteiger partial charge in [0.15, 0.2) is 0 Å². The Bertz CT molecular complexity index is 385. The van der Waals surface area contributed by atoms with Crippen molar-refractivity contribution in [3.8, 4) is 0 Å². The summed E-state index contributed by atoms with van der Waals surface area (Å²) in [6, 6.07) is 0. The van der Waals surface area contributed by atoms with Gasteiger partial charge in [-0.1, -0.05) is 0 Å². The first kappa shape index (κ1) is 9.64. The number of aryl methyl sites for hydroxylation is 1. The minimum absolute atomic E-state index is 0.522. The topological polar surface area (TPSA) is 12.9 Å². The first-order valence-corrected chi connectivity index (χ1v) is 7.54. The Labute approximate surface area is 101 Å². The zero-order valence-corrected chi connectivity index (χ0v) is 10.7. The van der Waals surface area contributed by atoms with Gasteiger partial charge in [-0.15, -0.1) is 11.3 Å². The SMILES string of the molecule is Cc1csc(C23CC4CC(CC(C4)C2)C3)n1. The van der Waals surface area contributed by atoms with Crippen LogP contribution in [0.15, 0.2) is 5.38 Å². The summed E-state index contributed by atoms with van der Waals surface area (Å²) in [6.07, 6.45) is 8.95. The molecular formula is C14H19NS. The summed E-state index contributed by atoms with van der Waals surface area (Å²) >= 11 is 1.93. The lowest BCUT2D eigenvalue weighted by Gasteiger charge is -2.56. The lowest BCUT2D eigenvalue weighted by atomic mass is 9.50. The van der Waals surface area contributed by atoms with Gasteiger partial charge in [0.1, 0.15) is 0 Å². The Morgan fingerprint density at radius 2 is 1.69 bits per heavy atom. The van der Waals surface area contributed by atoms with Crippen LogP contribution in [0.3, 0.4) is 0 Å². The lowest BCUT2D eigenvalue weighted by molar-refractivity contribution is -0.00531. The molecule has 0 radical (unpaired) electrons. The van der Waals surface area contributed by atoms with E-state index in [9.17, 15) is 0 Å². The molecule has 0 saturated heterocycles. The van der Waals surface area contributed by atoms with E-state index >= 15 is 0 Å². The summed E-state index contributed by atoms with van der Waals surface area (Å²) in [5.74, 6) is 3.11. The Morgan fingerprint density at radius 1 is 1.12 bits per heavy atom. The van der Waals surface area contributed by atoms with Crippen LogP contribution in [0.25, 0.3) is 0 Å². The molecule has 4 aliphatic rings. The average Bonchev–Trinajstić information content (AvgIpc) is 2.63. The average molecular weight is 233 g/mol. The molecule has 0 aliphatic heterocycles. The molecular weight excluding hydrogens is 214 g/mol. The largest absolute Gasteiger partial charge is 0.246 e. The number of rotatable bonds is 1. The molecule has 1 aromatic heterocycles. The van der Waals surface area contributed by atoms with Crippen molar-refractivity contribution in [2.24, 2.45) is 17.8 Å². The van der Waals surface area contributed by atoms with Crippen LogP contribution in [0.1, 0.15) is 49.2 Å². The van der Waals surface area contributed by atoms with Gasteiger partial charge < -0.3 is 0 Å². The summed E-state index contributed by atoms with van der Waals surface area (Å²) in [4.78, 5) is 4.82. The molecule has 5 rings (SSSR count). The maximum Gasteiger partial charge on any atom is 0.0990 e. The van der Waals surface area contributed by atoms with Crippen molar-refractivity contribution in [2.75, 3.05) is 0 Å². The Hall–Kier alpha value is -0.370. The van der Waals surface area contributed by atoms with E-state index in [0.29, 0.717) is 5.41 Å². The summed E-state index contributed by atoms with van der Waals surface area (Å²) in [7, 11) is 0. The van der Waals surface area contributed by atoms with Crippen molar-refractivity contribution in [1.29, 1.82) is 0 Å². The van der Waals surface area contributed by atoms with E-state index in [2.05, 4.69) is 12.3 Å². The number of hydrogen-bond donors (Lipinski definition) is 0. The van der Waals surface area contributed by atoms with Gasteiger partial charge in [0.25, 0.3) is 0 Å². The normalized spacial score (nSPS) is 45.2. The molecule has 4 fully saturated rings. The second-order valence-corrected chi connectivity index (χ2v) is 7.35. The van der Waals surface area contributed by atoms with Crippen molar-refractivity contribution in [3.63, 3.8) is 0 Å². The van der Waals surface area contributed by atoms with Crippen LogP contribution < -0.4 is 0 Å². The van der Waals surface area contributed by atoms with Crippen LogP contribution in [-0.2, 0) is 5.41 Å². The molecule has 4 saturated carbocycles. The third-order valence-corrected chi connectivity index (χ3v) is 6.32. The monoisotopic (exact) mass is 233 g/mol. The second kappa shape index (κ2) is 3.10. The maximum absolute atomic E-state index is 4.82. The van der Waals surface area contributed by atoms with E-state index in [-0.39, 0.29) is 0 Å². The van der Waals surface area contributed by atoms with Crippen molar-refractivity contribution in [3.05, 3.63) is 16.1 Å². The quantitative estimate of drug-likeness (QED) is 0.716. The molecule has 4 aliphatic carbocycles. The predicted octanol–water partition coefficient (Wildman–Crippen LogP) is 3.92. The summed E-state index contributed by atoms with van der Waals surface area (Å²) in [6.45, 7) is 2.14. The van der Waals surface area contributed by atoms with E-state index in [1.165, 1.54) is 49.2 Å². The van der Waals surface area contributed by atoms with Crippen molar-refractivity contribution in [1.82, 2.24) is 4.98 Å². The molecule has 86 valence electrons. The maximum atomic E-state index is 4.82. The standard InChI is InChI=1S/C14H19NS/c1-9-8-16-13(15-9)14-5-10-2-11(6-14)4-12(3-10)7-14/h8,10-12H,2-7H2,1H3. The van der Waals surface area contributed by atoms with Crippen LogP contribution in [0.5, 0.6) is 0 Å². The first-order chi connectivity index (χ1) is 7.73. The highest BCUT2D eigenvalue weighted by molar-refractivity contribution is 7.09. The van der Waals surface area contributed by atoms with E-state index in [1.807, 2.05) is 11.3 Å². The first-order valence-electron chi connectivity index (χ1n) is 6.66. The van der Waals surface area contributed by atoms with Gasteiger partial charge in [-0.2, -0.15) is 0 Å². The summed E-state index contributed by atoms with van der Waals surface area (Å²) < 4.78 is 0. The highest BCUT2D eigenvalue weighted by Gasteiger charge is 2.52. The molecule has 1 aromatic rings. The van der Waals surface area contributed by atoms with Crippen molar-refractivity contribution < 1.29 is 0 Å². The van der Waals surface area contributed by atoms with Gasteiger partial charge in [-0.3, -0.25) is 0 Å². The van der Waals surface area contributed by atoms with E-state index in [1.54, 1.807) is 0 Å². The highest BCUT2D eigenvalue weighted by atomic mass is 32.1. The van der Waals surface area contributed by atoms with Gasteiger partial charge in [0.05, 0.1) is 5.01 Å². The van der Waals surface area contributed by atoms with Crippen LogP contribution >= 0.6 is 11.3 Å². The predicted molar refractivity (Wildman–Crippen MR) is 66.7 cm³/mol. The summed E-state index contributed by atoms with van der Waals surface area (Å²) in [5.41, 5.74) is 1.75. The number of hydrogen-bond acceptors (Lipinski definition) is 2. The van der Waals surface area contributed by atoms with Crippen molar-refractivity contribution >= 4 is 11.3 Å². The zero-order chi connectivity index (χ0) is 10.8. The van der Waals surface area contributed by atoms with Gasteiger partial charge in [0, 0.05) is 16.5 Å². The van der Waals surface area contributed by atoms with Gasteiger partial charge in [-0.05, 0) is 63.2 Å². The van der Waals surface area contributed by atoms with Gasteiger partial charge >= 0.3 is 0 Å². The smallest absolute Gasteiger partial charge is 0.0990 e. The minimum Gasteiger partial charge on any atom is -0.246 e. The highest BCUT2D eigenvalue weighted by Crippen LogP contribution is 2.60. The third-order valence-electron chi connectivity index (χ3n) is 5.11. The fourth-order valence-electron chi connectivity index (χ4n) is 4.97. The van der Waals surface area contributed by atoms with Crippen LogP contribution in [-0.4, -0.2) is 4.98 Å². The molecule has 2 heteroatoms. The fraction of sp³-hybridized carbons (Fsp3) is 0.786. The molecule has 1 nitrogen and oxygen atoms in total. The van der Waals surface area contributed by atoms with Crippen LogP contribution in [0, 0.1) is 24.7 Å².